The third kappa shape index (κ3) is 3.11. The number of halogens is 1. The largest absolute Gasteiger partial charge is 0.370 e. The maximum Gasteiger partial charge on any atom is 0.0847 e. The Morgan fingerprint density at radius 3 is 2.59 bits per heavy atom. The van der Waals surface area contributed by atoms with Gasteiger partial charge in [-0.15, -0.1) is 0 Å². The monoisotopic (exact) mass is 296 g/mol. The Labute approximate surface area is 113 Å². The van der Waals surface area contributed by atoms with E-state index in [0.29, 0.717) is 18.1 Å². The van der Waals surface area contributed by atoms with Gasteiger partial charge in [0.2, 0.25) is 0 Å². The summed E-state index contributed by atoms with van der Waals surface area (Å²) in [7, 11) is 0. The molecule has 1 fully saturated rings. The minimum absolute atomic E-state index is 0.498. The molecule has 3 unspecified atom stereocenters. The van der Waals surface area contributed by atoms with E-state index in [1.165, 1.54) is 22.0 Å². The Kier molecular flexibility index (Phi) is 4.26. The lowest BCUT2D eigenvalue weighted by Crippen LogP contribution is -2.04. The molecule has 0 N–H and O–H groups in total. The van der Waals surface area contributed by atoms with Crippen molar-refractivity contribution in [1.82, 2.24) is 0 Å². The molecule has 1 aliphatic heterocycles. The SMILES string of the molecule is CCC(CC1OC1CC)c1ccc(C)cc1Br. The van der Waals surface area contributed by atoms with E-state index in [4.69, 9.17) is 4.74 Å². The zero-order valence-corrected chi connectivity index (χ0v) is 12.5. The molecule has 0 bridgehead atoms. The van der Waals surface area contributed by atoms with E-state index in [1.807, 2.05) is 0 Å². The quantitative estimate of drug-likeness (QED) is 0.710. The summed E-state index contributed by atoms with van der Waals surface area (Å²) in [5, 5.41) is 0. The summed E-state index contributed by atoms with van der Waals surface area (Å²) < 4.78 is 6.92. The normalized spacial score (nSPS) is 24.7. The minimum atomic E-state index is 0.498. The number of rotatable bonds is 5. The average Bonchev–Trinajstić information content (AvgIpc) is 3.05. The Morgan fingerprint density at radius 2 is 2.06 bits per heavy atom. The van der Waals surface area contributed by atoms with Gasteiger partial charge in [0, 0.05) is 4.47 Å². The zero-order chi connectivity index (χ0) is 12.4. The van der Waals surface area contributed by atoms with Gasteiger partial charge in [-0.3, -0.25) is 0 Å². The lowest BCUT2D eigenvalue weighted by Gasteiger charge is -2.16. The van der Waals surface area contributed by atoms with E-state index < -0.39 is 0 Å². The van der Waals surface area contributed by atoms with Gasteiger partial charge in [0.25, 0.3) is 0 Å². The third-order valence-electron chi connectivity index (χ3n) is 3.70. The fourth-order valence-corrected chi connectivity index (χ4v) is 3.32. The molecule has 3 atom stereocenters. The Morgan fingerprint density at radius 1 is 1.29 bits per heavy atom. The molecule has 0 spiro atoms. The van der Waals surface area contributed by atoms with Crippen molar-refractivity contribution >= 4 is 15.9 Å². The first-order valence-electron chi connectivity index (χ1n) is 6.57. The zero-order valence-electron chi connectivity index (χ0n) is 10.9. The van der Waals surface area contributed by atoms with Crippen LogP contribution in [0.4, 0.5) is 0 Å². The van der Waals surface area contributed by atoms with E-state index in [-0.39, 0.29) is 0 Å². The smallest absolute Gasteiger partial charge is 0.0847 e. The molecule has 17 heavy (non-hydrogen) atoms. The van der Waals surface area contributed by atoms with Crippen molar-refractivity contribution < 1.29 is 4.74 Å². The molecular formula is C15H21BrO. The van der Waals surface area contributed by atoms with Gasteiger partial charge in [-0.2, -0.15) is 0 Å². The second-order valence-corrected chi connectivity index (χ2v) is 5.84. The number of benzene rings is 1. The number of ether oxygens (including phenoxy) is 1. The molecule has 1 aliphatic rings. The summed E-state index contributed by atoms with van der Waals surface area (Å²) in [4.78, 5) is 0. The molecule has 1 aromatic carbocycles. The second-order valence-electron chi connectivity index (χ2n) is 4.99. The Bertz CT molecular complexity index is 389. The highest BCUT2D eigenvalue weighted by Gasteiger charge is 2.38. The molecular weight excluding hydrogens is 276 g/mol. The molecule has 1 saturated heterocycles. The molecule has 1 aromatic rings. The van der Waals surface area contributed by atoms with Crippen molar-refractivity contribution in [2.45, 2.75) is 58.2 Å². The molecule has 1 heterocycles. The van der Waals surface area contributed by atoms with E-state index in [9.17, 15) is 0 Å². The minimum Gasteiger partial charge on any atom is -0.370 e. The molecule has 0 amide bonds. The van der Waals surface area contributed by atoms with Crippen molar-refractivity contribution in [2.24, 2.45) is 0 Å². The van der Waals surface area contributed by atoms with Crippen LogP contribution in [0.2, 0.25) is 0 Å². The van der Waals surface area contributed by atoms with Gasteiger partial charge < -0.3 is 4.74 Å². The first kappa shape index (κ1) is 13.1. The highest BCUT2D eigenvalue weighted by Crippen LogP contribution is 2.38. The standard InChI is InChI=1S/C15H21BrO/c1-4-11(9-15-14(5-2)17-15)12-7-6-10(3)8-13(12)16/h6-8,11,14-15H,4-5,9H2,1-3H3. The summed E-state index contributed by atoms with van der Waals surface area (Å²) in [6.45, 7) is 6.60. The van der Waals surface area contributed by atoms with Crippen LogP contribution in [-0.2, 0) is 4.74 Å². The number of hydrogen-bond donors (Lipinski definition) is 0. The predicted molar refractivity (Wildman–Crippen MR) is 75.5 cm³/mol. The van der Waals surface area contributed by atoms with Crippen molar-refractivity contribution in [3.8, 4) is 0 Å². The van der Waals surface area contributed by atoms with Gasteiger partial charge >= 0.3 is 0 Å². The fraction of sp³-hybridized carbons (Fsp3) is 0.600. The van der Waals surface area contributed by atoms with Crippen molar-refractivity contribution in [3.63, 3.8) is 0 Å². The van der Waals surface area contributed by atoms with Crippen LogP contribution in [0.25, 0.3) is 0 Å². The third-order valence-corrected chi connectivity index (χ3v) is 4.38. The van der Waals surface area contributed by atoms with Crippen molar-refractivity contribution in [2.75, 3.05) is 0 Å². The Balaban J connectivity index is 2.07. The lowest BCUT2D eigenvalue weighted by molar-refractivity contribution is 0.348. The van der Waals surface area contributed by atoms with Gasteiger partial charge in [-0.1, -0.05) is 41.9 Å². The second kappa shape index (κ2) is 5.53. The molecule has 2 rings (SSSR count). The highest BCUT2D eigenvalue weighted by molar-refractivity contribution is 9.10. The predicted octanol–water partition coefficient (Wildman–Crippen LogP) is 4.82. The first-order valence-corrected chi connectivity index (χ1v) is 7.36. The first-order chi connectivity index (χ1) is 8.15. The fourth-order valence-electron chi connectivity index (χ4n) is 2.50. The Hall–Kier alpha value is -0.340. The average molecular weight is 297 g/mol. The molecule has 0 saturated carbocycles. The number of epoxide rings is 1. The van der Waals surface area contributed by atoms with Gasteiger partial charge in [0.15, 0.2) is 0 Å². The van der Waals surface area contributed by atoms with E-state index in [2.05, 4.69) is 54.9 Å². The summed E-state index contributed by atoms with van der Waals surface area (Å²) in [5.41, 5.74) is 2.74. The van der Waals surface area contributed by atoms with E-state index in [1.54, 1.807) is 0 Å². The summed E-state index contributed by atoms with van der Waals surface area (Å²) in [6, 6.07) is 6.67. The van der Waals surface area contributed by atoms with Crippen LogP contribution in [0.5, 0.6) is 0 Å². The van der Waals surface area contributed by atoms with Gasteiger partial charge in [-0.25, -0.2) is 0 Å². The lowest BCUT2D eigenvalue weighted by atomic mass is 9.90. The molecule has 0 aromatic heterocycles. The van der Waals surface area contributed by atoms with Crippen LogP contribution in [0.1, 0.15) is 50.2 Å². The summed E-state index contributed by atoms with van der Waals surface area (Å²) in [6.07, 6.45) is 4.51. The molecule has 2 heteroatoms. The molecule has 0 radical (unpaired) electrons. The molecule has 94 valence electrons. The number of aryl methyl sites for hydroxylation is 1. The summed E-state index contributed by atoms with van der Waals surface area (Å²) >= 11 is 3.69. The maximum atomic E-state index is 5.67. The van der Waals surface area contributed by atoms with E-state index in [0.717, 1.165) is 12.8 Å². The van der Waals surface area contributed by atoms with Crippen LogP contribution in [0.15, 0.2) is 22.7 Å². The topological polar surface area (TPSA) is 12.5 Å². The number of hydrogen-bond acceptors (Lipinski definition) is 1. The van der Waals surface area contributed by atoms with Gasteiger partial charge in [-0.05, 0) is 49.3 Å². The summed E-state index contributed by atoms with van der Waals surface area (Å²) in [5.74, 6) is 0.617. The van der Waals surface area contributed by atoms with Crippen molar-refractivity contribution in [3.05, 3.63) is 33.8 Å². The van der Waals surface area contributed by atoms with Crippen molar-refractivity contribution in [1.29, 1.82) is 0 Å². The van der Waals surface area contributed by atoms with Gasteiger partial charge in [0.05, 0.1) is 12.2 Å². The van der Waals surface area contributed by atoms with Crippen LogP contribution < -0.4 is 0 Å². The van der Waals surface area contributed by atoms with E-state index >= 15 is 0 Å². The van der Waals surface area contributed by atoms with Crippen LogP contribution in [0, 0.1) is 6.92 Å². The van der Waals surface area contributed by atoms with Crippen LogP contribution >= 0.6 is 15.9 Å². The molecule has 1 nitrogen and oxygen atoms in total. The maximum absolute atomic E-state index is 5.67. The highest BCUT2D eigenvalue weighted by atomic mass is 79.9. The molecule has 0 aliphatic carbocycles. The van der Waals surface area contributed by atoms with Gasteiger partial charge in [0.1, 0.15) is 0 Å². The van der Waals surface area contributed by atoms with Crippen LogP contribution in [-0.4, -0.2) is 12.2 Å². The van der Waals surface area contributed by atoms with Crippen LogP contribution in [0.3, 0.4) is 0 Å².